The Balaban J connectivity index is 1.79. The summed E-state index contributed by atoms with van der Waals surface area (Å²) in [6.45, 7) is 3.77. The minimum absolute atomic E-state index is 0.120. The lowest BCUT2D eigenvalue weighted by molar-refractivity contribution is 0.0392. The third-order valence-electron chi connectivity index (χ3n) is 3.59. The van der Waals surface area contributed by atoms with Crippen LogP contribution in [0.5, 0.6) is 0 Å². The second kappa shape index (κ2) is 5.65. The van der Waals surface area contributed by atoms with Gasteiger partial charge in [-0.2, -0.15) is 4.98 Å². The number of nitrogens with zero attached hydrogens (tertiary/aromatic N) is 3. The summed E-state index contributed by atoms with van der Waals surface area (Å²) in [5.41, 5.74) is 7.65. The molecular formula is C15H17FN4O. The molecule has 1 aromatic carbocycles. The van der Waals surface area contributed by atoms with Crippen molar-refractivity contribution in [1.82, 2.24) is 9.97 Å². The Hall–Kier alpha value is -2.21. The van der Waals surface area contributed by atoms with Crippen LogP contribution in [-0.2, 0) is 4.74 Å². The van der Waals surface area contributed by atoms with Gasteiger partial charge in [0.15, 0.2) is 0 Å². The summed E-state index contributed by atoms with van der Waals surface area (Å²) >= 11 is 0. The molecule has 0 radical (unpaired) electrons. The van der Waals surface area contributed by atoms with E-state index in [0.717, 1.165) is 11.1 Å². The van der Waals surface area contributed by atoms with Gasteiger partial charge < -0.3 is 15.4 Å². The third kappa shape index (κ3) is 2.95. The highest BCUT2D eigenvalue weighted by atomic mass is 19.1. The maximum atomic E-state index is 13.0. The minimum Gasteiger partial charge on any atom is -0.383 e. The SMILES string of the molecule is Cc1cnc(N2CCO[C@H](c3ccc(F)cc3)C2)nc1N. The Morgan fingerprint density at radius 1 is 1.33 bits per heavy atom. The van der Waals surface area contributed by atoms with Crippen molar-refractivity contribution < 1.29 is 9.13 Å². The molecule has 2 N–H and O–H groups in total. The average Bonchev–Trinajstić information content (AvgIpc) is 2.51. The normalized spacial score (nSPS) is 18.8. The maximum absolute atomic E-state index is 13.0. The van der Waals surface area contributed by atoms with Crippen LogP contribution in [0.3, 0.4) is 0 Å². The van der Waals surface area contributed by atoms with Crippen LogP contribution < -0.4 is 10.6 Å². The average molecular weight is 288 g/mol. The van der Waals surface area contributed by atoms with Crippen LogP contribution >= 0.6 is 0 Å². The first-order valence-corrected chi connectivity index (χ1v) is 6.84. The Labute approximate surface area is 122 Å². The first-order chi connectivity index (χ1) is 10.1. The number of hydrogen-bond acceptors (Lipinski definition) is 5. The van der Waals surface area contributed by atoms with Crippen LogP contribution in [0.2, 0.25) is 0 Å². The third-order valence-corrected chi connectivity index (χ3v) is 3.59. The topological polar surface area (TPSA) is 64.3 Å². The molecule has 0 aliphatic carbocycles. The van der Waals surface area contributed by atoms with E-state index in [0.29, 0.717) is 31.5 Å². The number of rotatable bonds is 2. The zero-order valence-electron chi connectivity index (χ0n) is 11.8. The Kier molecular flexibility index (Phi) is 3.70. The minimum atomic E-state index is -0.249. The lowest BCUT2D eigenvalue weighted by atomic mass is 10.1. The van der Waals surface area contributed by atoms with E-state index in [1.165, 1.54) is 12.1 Å². The summed E-state index contributed by atoms with van der Waals surface area (Å²) in [4.78, 5) is 10.7. The number of morpholine rings is 1. The lowest BCUT2D eigenvalue weighted by Crippen LogP contribution is -2.39. The van der Waals surface area contributed by atoms with Gasteiger partial charge in [-0.15, -0.1) is 0 Å². The molecule has 2 heterocycles. The van der Waals surface area contributed by atoms with Crippen LogP contribution in [-0.4, -0.2) is 29.7 Å². The Morgan fingerprint density at radius 3 is 2.81 bits per heavy atom. The van der Waals surface area contributed by atoms with Gasteiger partial charge in [-0.25, -0.2) is 9.37 Å². The molecule has 1 atom stereocenters. The number of aryl methyl sites for hydroxylation is 1. The first-order valence-electron chi connectivity index (χ1n) is 6.84. The molecule has 0 saturated carbocycles. The van der Waals surface area contributed by atoms with Crippen molar-refractivity contribution in [2.45, 2.75) is 13.0 Å². The summed E-state index contributed by atoms with van der Waals surface area (Å²) in [5.74, 6) is 0.847. The van der Waals surface area contributed by atoms with Crippen molar-refractivity contribution >= 4 is 11.8 Å². The predicted molar refractivity (Wildman–Crippen MR) is 78.5 cm³/mol. The van der Waals surface area contributed by atoms with E-state index in [9.17, 15) is 4.39 Å². The molecule has 0 unspecified atom stereocenters. The summed E-state index contributed by atoms with van der Waals surface area (Å²) in [7, 11) is 0. The van der Waals surface area contributed by atoms with Crippen molar-refractivity contribution in [2.75, 3.05) is 30.3 Å². The van der Waals surface area contributed by atoms with Crippen LogP contribution in [0.15, 0.2) is 30.5 Å². The molecule has 21 heavy (non-hydrogen) atoms. The zero-order valence-corrected chi connectivity index (χ0v) is 11.8. The van der Waals surface area contributed by atoms with Crippen LogP contribution in [0.4, 0.5) is 16.2 Å². The van der Waals surface area contributed by atoms with Crippen molar-refractivity contribution in [3.05, 3.63) is 47.4 Å². The second-order valence-corrected chi connectivity index (χ2v) is 5.10. The fraction of sp³-hybridized carbons (Fsp3) is 0.333. The van der Waals surface area contributed by atoms with E-state index in [2.05, 4.69) is 9.97 Å². The van der Waals surface area contributed by atoms with Gasteiger partial charge >= 0.3 is 0 Å². The fourth-order valence-corrected chi connectivity index (χ4v) is 2.31. The smallest absolute Gasteiger partial charge is 0.227 e. The van der Waals surface area contributed by atoms with Crippen LogP contribution in [0, 0.1) is 12.7 Å². The molecule has 0 bridgehead atoms. The molecule has 2 aromatic rings. The van der Waals surface area contributed by atoms with E-state index in [4.69, 9.17) is 10.5 Å². The molecular weight excluding hydrogens is 271 g/mol. The van der Waals surface area contributed by atoms with Crippen LogP contribution in [0.1, 0.15) is 17.2 Å². The largest absolute Gasteiger partial charge is 0.383 e. The second-order valence-electron chi connectivity index (χ2n) is 5.10. The van der Waals surface area contributed by atoms with Gasteiger partial charge in [0.2, 0.25) is 5.95 Å². The van der Waals surface area contributed by atoms with E-state index >= 15 is 0 Å². The molecule has 1 fully saturated rings. The molecule has 1 saturated heterocycles. The Morgan fingerprint density at radius 2 is 2.10 bits per heavy atom. The molecule has 0 amide bonds. The molecule has 1 aromatic heterocycles. The quantitative estimate of drug-likeness (QED) is 0.916. The zero-order chi connectivity index (χ0) is 14.8. The summed E-state index contributed by atoms with van der Waals surface area (Å²) in [6, 6.07) is 6.37. The number of ether oxygens (including phenoxy) is 1. The summed E-state index contributed by atoms with van der Waals surface area (Å²) < 4.78 is 18.8. The molecule has 1 aliphatic heterocycles. The van der Waals surface area contributed by atoms with Gasteiger partial charge in [0.05, 0.1) is 13.2 Å². The highest BCUT2D eigenvalue weighted by molar-refractivity contribution is 5.44. The van der Waals surface area contributed by atoms with Gasteiger partial charge in [0, 0.05) is 18.3 Å². The molecule has 5 nitrogen and oxygen atoms in total. The molecule has 1 aliphatic rings. The van der Waals surface area contributed by atoms with Crippen molar-refractivity contribution in [2.24, 2.45) is 0 Å². The first kappa shape index (κ1) is 13.8. The number of nitrogens with two attached hydrogens (primary N) is 1. The predicted octanol–water partition coefficient (Wildman–Crippen LogP) is 2.08. The van der Waals surface area contributed by atoms with E-state index < -0.39 is 0 Å². The number of aromatic nitrogens is 2. The monoisotopic (exact) mass is 288 g/mol. The Bertz CT molecular complexity index is 632. The standard InChI is InChI=1S/C15H17FN4O/c1-10-8-18-15(19-14(10)17)20-6-7-21-13(9-20)11-2-4-12(16)5-3-11/h2-5,8,13H,6-7,9H2,1H3,(H2,17,18,19)/t13-/m0/s1. The number of hydrogen-bond donors (Lipinski definition) is 1. The fourth-order valence-electron chi connectivity index (χ4n) is 2.31. The molecule has 6 heteroatoms. The molecule has 3 rings (SSSR count). The maximum Gasteiger partial charge on any atom is 0.227 e. The highest BCUT2D eigenvalue weighted by Crippen LogP contribution is 2.25. The van der Waals surface area contributed by atoms with Crippen molar-refractivity contribution in [1.29, 1.82) is 0 Å². The van der Waals surface area contributed by atoms with Crippen molar-refractivity contribution in [3.63, 3.8) is 0 Å². The van der Waals surface area contributed by atoms with Gasteiger partial charge in [-0.05, 0) is 24.6 Å². The number of benzene rings is 1. The van der Waals surface area contributed by atoms with Crippen LogP contribution in [0.25, 0.3) is 0 Å². The number of anilines is 2. The molecule has 0 spiro atoms. The highest BCUT2D eigenvalue weighted by Gasteiger charge is 2.24. The van der Waals surface area contributed by atoms with E-state index in [-0.39, 0.29) is 11.9 Å². The summed E-state index contributed by atoms with van der Waals surface area (Å²) in [5, 5.41) is 0. The van der Waals surface area contributed by atoms with Gasteiger partial charge in [0.25, 0.3) is 0 Å². The van der Waals surface area contributed by atoms with Crippen molar-refractivity contribution in [3.8, 4) is 0 Å². The van der Waals surface area contributed by atoms with Gasteiger partial charge in [-0.3, -0.25) is 0 Å². The number of halogens is 1. The lowest BCUT2D eigenvalue weighted by Gasteiger charge is -2.33. The van der Waals surface area contributed by atoms with E-state index in [1.807, 2.05) is 11.8 Å². The van der Waals surface area contributed by atoms with E-state index in [1.54, 1.807) is 18.3 Å². The number of nitrogen functional groups attached to an aromatic ring is 1. The van der Waals surface area contributed by atoms with Gasteiger partial charge in [-0.1, -0.05) is 12.1 Å². The molecule has 110 valence electrons. The van der Waals surface area contributed by atoms with Gasteiger partial charge in [0.1, 0.15) is 17.7 Å². The summed E-state index contributed by atoms with van der Waals surface area (Å²) in [6.07, 6.45) is 1.60.